The zero-order chi connectivity index (χ0) is 16.2. The van der Waals surface area contributed by atoms with Gasteiger partial charge in [0.05, 0.1) is 6.04 Å². The van der Waals surface area contributed by atoms with Gasteiger partial charge in [-0.05, 0) is 30.9 Å². The maximum Gasteiger partial charge on any atom is 0.260 e. The minimum Gasteiger partial charge on any atom is -0.381 e. The predicted octanol–water partition coefficient (Wildman–Crippen LogP) is 1.01. The number of imidazole rings is 1. The van der Waals surface area contributed by atoms with Crippen molar-refractivity contribution in [3.63, 3.8) is 0 Å². The number of ether oxygens (including phenoxy) is 1. The van der Waals surface area contributed by atoms with Crippen LogP contribution in [0.2, 0.25) is 0 Å². The fraction of sp³-hybridized carbons (Fsp3) is 0.438. The molecule has 1 aliphatic heterocycles. The van der Waals surface area contributed by atoms with Crippen LogP contribution in [0.3, 0.4) is 0 Å². The number of aromatic amines is 1. The zero-order valence-corrected chi connectivity index (χ0v) is 13.0. The van der Waals surface area contributed by atoms with Gasteiger partial charge in [-0.2, -0.15) is 0 Å². The molecule has 1 saturated heterocycles. The molecule has 3 heterocycles. The first kappa shape index (κ1) is 15.5. The molecule has 0 bridgehead atoms. The zero-order valence-electron chi connectivity index (χ0n) is 13.0. The Kier molecular flexibility index (Phi) is 4.57. The fourth-order valence-electron chi connectivity index (χ4n) is 2.94. The van der Waals surface area contributed by atoms with E-state index in [1.54, 1.807) is 12.3 Å². The lowest BCUT2D eigenvalue weighted by Crippen LogP contribution is -2.39. The van der Waals surface area contributed by atoms with Crippen molar-refractivity contribution in [1.29, 1.82) is 0 Å². The van der Waals surface area contributed by atoms with Gasteiger partial charge in [-0.1, -0.05) is 0 Å². The van der Waals surface area contributed by atoms with E-state index >= 15 is 0 Å². The number of pyridine rings is 1. The molecule has 1 aliphatic rings. The van der Waals surface area contributed by atoms with Crippen molar-refractivity contribution in [2.45, 2.75) is 18.9 Å². The third kappa shape index (κ3) is 3.34. The summed E-state index contributed by atoms with van der Waals surface area (Å²) in [7, 11) is 1.90. The molecule has 122 valence electrons. The highest BCUT2D eigenvalue weighted by atomic mass is 16.5. The number of rotatable bonds is 4. The molecule has 0 saturated carbocycles. The monoisotopic (exact) mass is 316 g/mol. The molecule has 0 radical (unpaired) electrons. The molecular weight excluding hydrogens is 296 g/mol. The smallest absolute Gasteiger partial charge is 0.260 e. The van der Waals surface area contributed by atoms with E-state index in [9.17, 15) is 9.59 Å². The van der Waals surface area contributed by atoms with Crippen molar-refractivity contribution in [2.24, 2.45) is 13.0 Å². The van der Waals surface area contributed by atoms with Gasteiger partial charge < -0.3 is 19.6 Å². The number of nitrogens with zero attached hydrogens (tertiary/aromatic N) is 2. The number of carbonyl (C=O) groups is 1. The van der Waals surface area contributed by atoms with Crippen LogP contribution in [0.15, 0.2) is 35.5 Å². The van der Waals surface area contributed by atoms with Gasteiger partial charge in [0, 0.05) is 38.9 Å². The minimum absolute atomic E-state index is 0.110. The summed E-state index contributed by atoms with van der Waals surface area (Å²) in [6.45, 7) is 1.35. The molecule has 0 spiro atoms. The van der Waals surface area contributed by atoms with Gasteiger partial charge in [0.1, 0.15) is 11.4 Å². The summed E-state index contributed by atoms with van der Waals surface area (Å²) in [5.41, 5.74) is -0.283. The highest BCUT2D eigenvalue weighted by Gasteiger charge is 2.30. The van der Waals surface area contributed by atoms with E-state index in [1.807, 2.05) is 17.8 Å². The molecule has 1 amide bonds. The Labute approximate surface area is 133 Å². The highest BCUT2D eigenvalue weighted by Crippen LogP contribution is 2.29. The van der Waals surface area contributed by atoms with Crippen molar-refractivity contribution in [2.75, 3.05) is 13.2 Å². The Morgan fingerprint density at radius 2 is 2.26 bits per heavy atom. The van der Waals surface area contributed by atoms with Crippen molar-refractivity contribution in [3.8, 4) is 0 Å². The van der Waals surface area contributed by atoms with Gasteiger partial charge in [0.2, 0.25) is 0 Å². The molecule has 3 rings (SSSR count). The van der Waals surface area contributed by atoms with Gasteiger partial charge in [-0.15, -0.1) is 0 Å². The summed E-state index contributed by atoms with van der Waals surface area (Å²) in [6, 6.07) is 2.92. The number of aryl methyl sites for hydroxylation is 1. The number of aromatic nitrogens is 3. The van der Waals surface area contributed by atoms with Crippen molar-refractivity contribution < 1.29 is 9.53 Å². The summed E-state index contributed by atoms with van der Waals surface area (Å²) < 4.78 is 7.31. The average Bonchev–Trinajstić information content (AvgIpc) is 2.99. The molecule has 1 fully saturated rings. The van der Waals surface area contributed by atoms with Crippen LogP contribution in [0.1, 0.15) is 35.1 Å². The van der Waals surface area contributed by atoms with E-state index in [-0.39, 0.29) is 23.4 Å². The number of amides is 1. The maximum atomic E-state index is 12.5. The first-order valence-corrected chi connectivity index (χ1v) is 7.70. The number of nitrogens with one attached hydrogen (secondary N) is 2. The van der Waals surface area contributed by atoms with Crippen molar-refractivity contribution >= 4 is 5.91 Å². The number of carbonyl (C=O) groups excluding carboxylic acids is 1. The standard InChI is InChI=1S/C16H20N4O3/c1-20-8-7-17-14(20)13(11-4-9-23-10-5-11)19-16(22)12-3-2-6-18-15(12)21/h2-3,6-8,11,13H,4-5,9-10H2,1H3,(H,18,21)(H,19,22). The van der Waals surface area contributed by atoms with E-state index < -0.39 is 5.56 Å². The topological polar surface area (TPSA) is 89.0 Å². The molecule has 7 heteroatoms. The SMILES string of the molecule is Cn1ccnc1C(NC(=O)c1ccc[nH]c1=O)C1CCOCC1. The molecule has 2 aromatic rings. The molecule has 0 aliphatic carbocycles. The quantitative estimate of drug-likeness (QED) is 0.881. The van der Waals surface area contributed by atoms with E-state index in [4.69, 9.17) is 4.74 Å². The summed E-state index contributed by atoms with van der Waals surface area (Å²) in [4.78, 5) is 31.2. The Balaban J connectivity index is 1.87. The van der Waals surface area contributed by atoms with Crippen LogP contribution < -0.4 is 10.9 Å². The van der Waals surface area contributed by atoms with Crippen LogP contribution in [0.4, 0.5) is 0 Å². The summed E-state index contributed by atoms with van der Waals surface area (Å²) in [5.74, 6) is 0.639. The third-order valence-corrected chi connectivity index (χ3v) is 4.22. The van der Waals surface area contributed by atoms with Gasteiger partial charge in [-0.25, -0.2) is 4.98 Å². The molecule has 7 nitrogen and oxygen atoms in total. The lowest BCUT2D eigenvalue weighted by atomic mass is 9.91. The van der Waals surface area contributed by atoms with Gasteiger partial charge in [0.15, 0.2) is 0 Å². The van der Waals surface area contributed by atoms with Crippen LogP contribution in [-0.2, 0) is 11.8 Å². The predicted molar refractivity (Wildman–Crippen MR) is 84.0 cm³/mol. The Hall–Kier alpha value is -2.41. The average molecular weight is 316 g/mol. The van der Waals surface area contributed by atoms with Crippen LogP contribution in [0.25, 0.3) is 0 Å². The number of H-pyrrole nitrogens is 1. The Morgan fingerprint density at radius 1 is 1.48 bits per heavy atom. The lowest BCUT2D eigenvalue weighted by Gasteiger charge is -2.30. The summed E-state index contributed by atoms with van der Waals surface area (Å²) in [6.07, 6.45) is 6.77. The molecule has 1 atom stereocenters. The van der Waals surface area contributed by atoms with Gasteiger partial charge >= 0.3 is 0 Å². The van der Waals surface area contributed by atoms with E-state index in [0.717, 1.165) is 18.7 Å². The number of hydrogen-bond donors (Lipinski definition) is 2. The second-order valence-corrected chi connectivity index (χ2v) is 5.71. The fourth-order valence-corrected chi connectivity index (χ4v) is 2.94. The molecule has 1 unspecified atom stereocenters. The minimum atomic E-state index is -0.393. The van der Waals surface area contributed by atoms with Crippen molar-refractivity contribution in [3.05, 3.63) is 52.5 Å². The first-order valence-electron chi connectivity index (χ1n) is 7.70. The van der Waals surface area contributed by atoms with E-state index in [1.165, 1.54) is 12.3 Å². The molecule has 2 aromatic heterocycles. The van der Waals surface area contributed by atoms with Crippen LogP contribution in [0, 0.1) is 5.92 Å². The maximum absolute atomic E-state index is 12.5. The second kappa shape index (κ2) is 6.78. The van der Waals surface area contributed by atoms with Gasteiger partial charge in [0.25, 0.3) is 11.5 Å². The van der Waals surface area contributed by atoms with Crippen LogP contribution in [0.5, 0.6) is 0 Å². The summed E-state index contributed by atoms with van der Waals surface area (Å²) in [5, 5.41) is 2.99. The third-order valence-electron chi connectivity index (χ3n) is 4.22. The van der Waals surface area contributed by atoms with Gasteiger partial charge in [-0.3, -0.25) is 9.59 Å². The molecule has 0 aromatic carbocycles. The Bertz CT molecular complexity index is 731. The summed E-state index contributed by atoms with van der Waals surface area (Å²) >= 11 is 0. The molecule has 2 N–H and O–H groups in total. The molecular formula is C16H20N4O3. The van der Waals surface area contributed by atoms with E-state index in [2.05, 4.69) is 15.3 Å². The highest BCUT2D eigenvalue weighted by molar-refractivity contribution is 5.93. The van der Waals surface area contributed by atoms with E-state index in [0.29, 0.717) is 13.2 Å². The first-order chi connectivity index (χ1) is 11.2. The second-order valence-electron chi connectivity index (χ2n) is 5.71. The number of hydrogen-bond acceptors (Lipinski definition) is 4. The van der Waals surface area contributed by atoms with Crippen molar-refractivity contribution in [1.82, 2.24) is 19.9 Å². The molecule has 23 heavy (non-hydrogen) atoms. The normalized spacial score (nSPS) is 16.9. The lowest BCUT2D eigenvalue weighted by molar-refractivity contribution is 0.0499. The Morgan fingerprint density at radius 3 is 2.91 bits per heavy atom. The van der Waals surface area contributed by atoms with Crippen LogP contribution >= 0.6 is 0 Å². The van der Waals surface area contributed by atoms with Crippen LogP contribution in [-0.4, -0.2) is 33.7 Å². The largest absolute Gasteiger partial charge is 0.381 e.